The zero-order valence-electron chi connectivity index (χ0n) is 11.5. The van der Waals surface area contributed by atoms with Gasteiger partial charge in [0, 0.05) is 0 Å². The van der Waals surface area contributed by atoms with Crippen LogP contribution in [0.2, 0.25) is 0 Å². The van der Waals surface area contributed by atoms with Gasteiger partial charge in [0.05, 0.1) is 0 Å². The van der Waals surface area contributed by atoms with Crippen LogP contribution in [0.4, 0.5) is 0 Å². The van der Waals surface area contributed by atoms with Crippen LogP contribution in [0.15, 0.2) is 34.4 Å². The van der Waals surface area contributed by atoms with Crippen LogP contribution in [0.1, 0.15) is 40.5 Å². The first kappa shape index (κ1) is 23.4. The first-order chi connectivity index (χ1) is 7.61. The molecule has 0 fully saturated rings. The smallest absolute Gasteiger partial charge is 1.00 e. The Kier molecular flexibility index (Phi) is 17.8. The second kappa shape index (κ2) is 13.7. The van der Waals surface area contributed by atoms with Crippen molar-refractivity contribution in [3.63, 3.8) is 0 Å². The largest absolute Gasteiger partial charge is 1.00 e. The Morgan fingerprint density at radius 2 is 1.11 bits per heavy atom. The molecule has 0 spiro atoms. The van der Waals surface area contributed by atoms with E-state index in [0.29, 0.717) is 0 Å². The molecule has 2 aliphatic carbocycles. The SMILES string of the molecule is CC1=[C-]CC=C1C.CC1=[C-]CC=C1C.[CH2]=[Hf+2].[Cl-].[Cl-]. The average molecular weight is 450 g/mol. The Balaban J connectivity index is -0.000000200. The van der Waals surface area contributed by atoms with Gasteiger partial charge in [0.1, 0.15) is 0 Å². The third-order valence-corrected chi connectivity index (χ3v) is 2.73. The molecule has 0 aromatic rings. The maximum atomic E-state index is 3.39. The molecule has 0 bridgehead atoms. The van der Waals surface area contributed by atoms with E-state index in [1.807, 2.05) is 0 Å². The van der Waals surface area contributed by atoms with Gasteiger partial charge >= 0.3 is 28.2 Å². The van der Waals surface area contributed by atoms with Crippen LogP contribution in [-0.2, 0) is 23.9 Å². The molecular formula is C15H20Cl2Hf-2. The normalized spacial score (nSPS) is 15.2. The molecule has 0 heterocycles. The van der Waals surface area contributed by atoms with Gasteiger partial charge in [0.25, 0.3) is 0 Å². The molecule has 2 aliphatic rings. The first-order valence-electron chi connectivity index (χ1n) is 5.45. The molecule has 0 saturated carbocycles. The van der Waals surface area contributed by atoms with Crippen molar-refractivity contribution in [1.82, 2.24) is 0 Å². The zero-order chi connectivity index (χ0) is 12.6. The Bertz CT molecular complexity index is 284. The number of allylic oxidation sites excluding steroid dienone is 8. The maximum Gasteiger partial charge on any atom is -1.00 e. The van der Waals surface area contributed by atoms with E-state index in [2.05, 4.69) is 56.3 Å². The van der Waals surface area contributed by atoms with E-state index in [0.717, 1.165) is 36.7 Å². The monoisotopic (exact) mass is 450 g/mol. The Morgan fingerprint density at radius 1 is 0.833 bits per heavy atom. The quantitative estimate of drug-likeness (QED) is 0.301. The minimum atomic E-state index is 0. The van der Waals surface area contributed by atoms with Crippen molar-refractivity contribution in [2.24, 2.45) is 0 Å². The summed E-state index contributed by atoms with van der Waals surface area (Å²) in [4.78, 5) is 0. The molecule has 0 unspecified atom stereocenters. The van der Waals surface area contributed by atoms with Crippen LogP contribution >= 0.6 is 0 Å². The third kappa shape index (κ3) is 9.24. The molecule has 0 radical (unpaired) electrons. The molecule has 0 aromatic carbocycles. The van der Waals surface area contributed by atoms with Crippen molar-refractivity contribution < 1.29 is 48.7 Å². The maximum absolute atomic E-state index is 3.39. The fourth-order valence-corrected chi connectivity index (χ4v) is 1.30. The molecule has 0 aromatic heterocycles. The summed E-state index contributed by atoms with van der Waals surface area (Å²) in [5, 5.41) is 0. The Morgan fingerprint density at radius 3 is 1.17 bits per heavy atom. The summed E-state index contributed by atoms with van der Waals surface area (Å²) in [5.74, 6) is 0. The van der Waals surface area contributed by atoms with Crippen LogP contribution < -0.4 is 24.8 Å². The van der Waals surface area contributed by atoms with Gasteiger partial charge in [-0.1, -0.05) is 13.8 Å². The van der Waals surface area contributed by atoms with Crippen molar-refractivity contribution in [2.45, 2.75) is 40.5 Å². The van der Waals surface area contributed by atoms with Gasteiger partial charge in [-0.25, -0.2) is 22.3 Å². The van der Waals surface area contributed by atoms with Crippen molar-refractivity contribution in [3.05, 3.63) is 46.6 Å². The average Bonchev–Trinajstić information content (AvgIpc) is 2.83. The standard InChI is InChI=1S/2C7H9.CH2.2ClH.Hf/c2*1-6-4-3-5-7(6)2;;;;/h2*4H,3H2,1-2H3;1H2;2*1H;/q2*-1;;;;+2/p-2. The number of hydrogen-bond acceptors (Lipinski definition) is 0. The van der Waals surface area contributed by atoms with Crippen LogP contribution in [0, 0.1) is 12.2 Å². The fraction of sp³-hybridized carbons (Fsp3) is 0.400. The topological polar surface area (TPSA) is 0 Å². The van der Waals surface area contributed by atoms with Gasteiger partial charge < -0.3 is 24.8 Å². The molecule has 2 rings (SSSR count). The summed E-state index contributed by atoms with van der Waals surface area (Å²) in [7, 11) is 0. The number of halogens is 2. The van der Waals surface area contributed by atoms with Crippen molar-refractivity contribution in [1.29, 1.82) is 0 Å². The molecular weight excluding hydrogens is 430 g/mol. The van der Waals surface area contributed by atoms with Crippen LogP contribution in [-0.4, -0.2) is 4.26 Å². The van der Waals surface area contributed by atoms with Crippen LogP contribution in [0.5, 0.6) is 0 Å². The molecule has 18 heavy (non-hydrogen) atoms. The molecule has 0 nitrogen and oxygen atoms in total. The van der Waals surface area contributed by atoms with Crippen LogP contribution in [0.3, 0.4) is 0 Å². The molecule has 0 atom stereocenters. The number of hydrogen-bond donors (Lipinski definition) is 0. The van der Waals surface area contributed by atoms with Gasteiger partial charge in [-0.15, -0.1) is 26.7 Å². The second-order valence-corrected chi connectivity index (χ2v) is 3.79. The molecule has 0 N–H and O–H groups in total. The Labute approximate surface area is 139 Å². The van der Waals surface area contributed by atoms with Gasteiger partial charge in [0.2, 0.25) is 0 Å². The van der Waals surface area contributed by atoms with Gasteiger partial charge in [-0.05, 0) is 0 Å². The summed E-state index contributed by atoms with van der Waals surface area (Å²) in [6.07, 6.45) is 12.8. The predicted molar refractivity (Wildman–Crippen MR) is 68.7 cm³/mol. The van der Waals surface area contributed by atoms with E-state index in [4.69, 9.17) is 0 Å². The zero-order valence-corrected chi connectivity index (χ0v) is 16.6. The fourth-order valence-electron chi connectivity index (χ4n) is 1.30. The minimum Gasteiger partial charge on any atom is -1.00 e. The molecule has 100 valence electrons. The molecule has 0 amide bonds. The van der Waals surface area contributed by atoms with E-state index in [1.54, 1.807) is 0 Å². The van der Waals surface area contributed by atoms with Gasteiger partial charge in [0.15, 0.2) is 0 Å². The molecule has 3 heteroatoms. The van der Waals surface area contributed by atoms with Gasteiger partial charge in [-0.2, -0.15) is 12.2 Å². The van der Waals surface area contributed by atoms with E-state index < -0.39 is 0 Å². The van der Waals surface area contributed by atoms with Crippen molar-refractivity contribution in [2.75, 3.05) is 0 Å². The summed E-state index contributed by atoms with van der Waals surface area (Å²) < 4.78 is 3.39. The predicted octanol–water partition coefficient (Wildman–Crippen LogP) is -1.86. The first-order valence-corrected chi connectivity index (χ1v) is 7.99. The van der Waals surface area contributed by atoms with Crippen molar-refractivity contribution >= 4 is 4.26 Å². The summed E-state index contributed by atoms with van der Waals surface area (Å²) >= 11 is 1.06. The summed E-state index contributed by atoms with van der Waals surface area (Å²) in [5.41, 5.74) is 5.42. The molecule has 0 aliphatic heterocycles. The van der Waals surface area contributed by atoms with E-state index in [-0.39, 0.29) is 24.8 Å². The summed E-state index contributed by atoms with van der Waals surface area (Å²) in [6, 6.07) is 0. The van der Waals surface area contributed by atoms with E-state index in [1.165, 1.54) is 22.3 Å². The van der Waals surface area contributed by atoms with E-state index >= 15 is 0 Å². The summed E-state index contributed by atoms with van der Waals surface area (Å²) in [6.45, 7) is 8.43. The Hall–Kier alpha value is 0.280. The van der Waals surface area contributed by atoms with Crippen LogP contribution in [0.25, 0.3) is 0 Å². The number of rotatable bonds is 0. The minimum absolute atomic E-state index is 0. The van der Waals surface area contributed by atoms with Crippen molar-refractivity contribution in [3.8, 4) is 0 Å². The second-order valence-electron chi connectivity index (χ2n) is 3.79. The third-order valence-electron chi connectivity index (χ3n) is 2.73. The van der Waals surface area contributed by atoms with E-state index in [9.17, 15) is 0 Å². The molecule has 0 saturated heterocycles. The van der Waals surface area contributed by atoms with Gasteiger partial charge in [-0.3, -0.25) is 12.2 Å².